The van der Waals surface area contributed by atoms with Crippen LogP contribution in [0.25, 0.3) is 0 Å². The Balaban J connectivity index is 2.55. The Morgan fingerprint density at radius 1 is 1.44 bits per heavy atom. The molecule has 1 aromatic carbocycles. The van der Waals surface area contributed by atoms with E-state index in [2.05, 4.69) is 4.74 Å². The first-order chi connectivity index (χ1) is 9.05. The fourth-order valence-corrected chi connectivity index (χ4v) is 1.61. The van der Waals surface area contributed by atoms with E-state index >= 15 is 0 Å². The zero-order valence-electron chi connectivity index (χ0n) is 12.6. The van der Waals surface area contributed by atoms with Crippen molar-refractivity contribution in [3.05, 3.63) is 29.1 Å². The molecule has 0 radical (unpaired) electrons. The third kappa shape index (κ3) is 2.31. The summed E-state index contributed by atoms with van der Waals surface area (Å²) in [6, 6.07) is 1.77. The van der Waals surface area contributed by atoms with E-state index in [0.717, 1.165) is 12.1 Å². The number of hydrogen-bond donors (Lipinski definition) is 0. The fraction of sp³-hybridized carbons (Fsp3) is 0.500. The first-order valence-electron chi connectivity index (χ1n) is 6.83. The Kier molecular flexibility index (Phi) is 1.96. The summed E-state index contributed by atoms with van der Waals surface area (Å²) >= 11 is 0. The highest BCUT2D eigenvalue weighted by molar-refractivity contribution is 5.38. The third-order valence-electron chi connectivity index (χ3n) is 2.34. The zero-order chi connectivity index (χ0) is 15.3. The lowest BCUT2D eigenvalue weighted by atomic mass is 9.85. The maximum atomic E-state index is 13.7. The highest BCUT2D eigenvalue weighted by atomic mass is 19.3. The van der Waals surface area contributed by atoms with Gasteiger partial charge in [-0.3, -0.25) is 0 Å². The molecule has 1 aliphatic rings. The summed E-state index contributed by atoms with van der Waals surface area (Å²) in [5.41, 5.74) is 0.134. The van der Waals surface area contributed by atoms with Gasteiger partial charge in [0.2, 0.25) is 0 Å². The second kappa shape index (κ2) is 4.36. The number of rotatable bonds is 2. The van der Waals surface area contributed by atoms with Gasteiger partial charge in [0.05, 0.1) is 0 Å². The van der Waals surface area contributed by atoms with Crippen molar-refractivity contribution in [2.45, 2.75) is 32.7 Å². The van der Waals surface area contributed by atoms with Gasteiger partial charge in [0.1, 0.15) is 0 Å². The second-order valence-electron chi connectivity index (χ2n) is 3.57. The lowest BCUT2D eigenvalue weighted by Crippen LogP contribution is -2.13. The minimum absolute atomic E-state index is 0.0146. The van der Waals surface area contributed by atoms with Gasteiger partial charge < -0.3 is 4.74 Å². The topological polar surface area (TPSA) is 9.23 Å². The van der Waals surface area contributed by atoms with E-state index in [1.54, 1.807) is 0 Å². The van der Waals surface area contributed by atoms with Gasteiger partial charge in [-0.1, -0.05) is 6.92 Å². The first-order valence-corrected chi connectivity index (χ1v) is 4.83. The summed E-state index contributed by atoms with van der Waals surface area (Å²) in [7, 11) is 0. The molecule has 1 aromatic rings. The molecule has 1 unspecified atom stereocenters. The predicted octanol–water partition coefficient (Wildman–Crippen LogP) is 3.55. The van der Waals surface area contributed by atoms with Crippen molar-refractivity contribution >= 4 is 0 Å². The van der Waals surface area contributed by atoms with Crippen molar-refractivity contribution in [3.8, 4) is 5.75 Å². The van der Waals surface area contributed by atoms with Crippen LogP contribution in [0.2, 0.25) is 0 Å². The molecular weight excluding hydrogens is 217 g/mol. The molecule has 16 heavy (non-hydrogen) atoms. The molecule has 0 amide bonds. The van der Waals surface area contributed by atoms with E-state index in [0.29, 0.717) is 0 Å². The van der Waals surface area contributed by atoms with Gasteiger partial charge in [0.15, 0.2) is 11.6 Å². The van der Waals surface area contributed by atoms with Crippen LogP contribution in [-0.4, -0.2) is 6.61 Å². The van der Waals surface area contributed by atoms with Crippen molar-refractivity contribution in [2.24, 2.45) is 5.92 Å². The zero-order valence-corrected chi connectivity index (χ0v) is 8.56. The third-order valence-corrected chi connectivity index (χ3v) is 2.34. The number of aryl methyl sites for hydroxylation is 1. The van der Waals surface area contributed by atoms with Gasteiger partial charge >= 0.3 is 6.61 Å². The van der Waals surface area contributed by atoms with E-state index in [-0.39, 0.29) is 17.5 Å². The van der Waals surface area contributed by atoms with Gasteiger partial charge in [-0.25, -0.2) is 4.39 Å². The molecule has 0 aliphatic heterocycles. The molecule has 1 atom stereocenters. The van der Waals surface area contributed by atoms with Gasteiger partial charge in [-0.15, -0.1) is 0 Å². The predicted molar refractivity (Wildman–Crippen MR) is 54.2 cm³/mol. The van der Waals surface area contributed by atoms with Crippen LogP contribution in [0.4, 0.5) is 13.2 Å². The molecule has 0 fully saturated rings. The molecule has 0 saturated heterocycles. The molecule has 88 valence electrons. The fourth-order valence-electron chi connectivity index (χ4n) is 1.61. The van der Waals surface area contributed by atoms with Crippen LogP contribution >= 0.6 is 0 Å². The summed E-state index contributed by atoms with van der Waals surface area (Å²) in [4.78, 5) is 0. The summed E-state index contributed by atoms with van der Waals surface area (Å²) < 4.78 is 73.6. The molecule has 0 spiro atoms. The number of ether oxygens (including phenoxy) is 1. The normalized spacial score (nSPS) is 29.7. The smallest absolute Gasteiger partial charge is 0.387 e. The summed E-state index contributed by atoms with van der Waals surface area (Å²) in [6.45, 7) is -1.79. The van der Waals surface area contributed by atoms with Crippen molar-refractivity contribution < 1.29 is 23.4 Å². The Hall–Kier alpha value is -1.19. The number of benzene rings is 1. The van der Waals surface area contributed by atoms with E-state index in [1.165, 1.54) is 6.92 Å². The molecular formula is C12H13F3O. The molecule has 1 aliphatic carbocycles. The minimum Gasteiger partial charge on any atom is -0.432 e. The van der Waals surface area contributed by atoms with E-state index in [1.807, 2.05) is 0 Å². The van der Waals surface area contributed by atoms with Crippen LogP contribution < -0.4 is 4.74 Å². The van der Waals surface area contributed by atoms with Crippen molar-refractivity contribution in [1.29, 1.82) is 0 Å². The van der Waals surface area contributed by atoms with Gasteiger partial charge in [-0.05, 0) is 48.3 Å². The van der Waals surface area contributed by atoms with Crippen LogP contribution in [-0.2, 0) is 12.8 Å². The average Bonchev–Trinajstić information content (AvgIpc) is 2.29. The summed E-state index contributed by atoms with van der Waals surface area (Å²) in [5, 5.41) is 0. The van der Waals surface area contributed by atoms with Crippen molar-refractivity contribution in [3.63, 3.8) is 0 Å². The van der Waals surface area contributed by atoms with E-state index in [4.69, 9.17) is 5.48 Å². The van der Waals surface area contributed by atoms with Crippen LogP contribution in [0.5, 0.6) is 5.75 Å². The molecule has 0 bridgehead atoms. The molecule has 0 aromatic heterocycles. The van der Waals surface area contributed by atoms with Crippen molar-refractivity contribution in [1.82, 2.24) is 0 Å². The number of hydrogen-bond acceptors (Lipinski definition) is 1. The highest BCUT2D eigenvalue weighted by Crippen LogP contribution is 2.31. The molecule has 0 N–H and O–H groups in total. The van der Waals surface area contributed by atoms with Crippen molar-refractivity contribution in [2.75, 3.05) is 0 Å². The summed E-state index contributed by atoms with van der Waals surface area (Å²) in [6.07, 6.45) is -4.11. The Morgan fingerprint density at radius 3 is 2.88 bits per heavy atom. The lowest BCUT2D eigenvalue weighted by Gasteiger charge is -2.22. The van der Waals surface area contributed by atoms with Gasteiger partial charge in [0.25, 0.3) is 0 Å². The second-order valence-corrected chi connectivity index (χ2v) is 3.57. The molecule has 1 nitrogen and oxygen atoms in total. The monoisotopic (exact) mass is 234 g/mol. The number of alkyl halides is 2. The van der Waals surface area contributed by atoms with E-state index in [9.17, 15) is 13.2 Å². The number of fused-ring (bicyclic) bond motifs is 1. The largest absolute Gasteiger partial charge is 0.432 e. The molecule has 0 heterocycles. The molecule has 0 saturated carbocycles. The standard InChI is InChI=1S/C12H13F3O/c1-7-2-3-8-6-11(16-12(14)15)10(13)5-9(8)4-7/h5-7,12H,2-4H2,1H3/i2D2,4D2. The highest BCUT2D eigenvalue weighted by Gasteiger charge is 2.19. The molecule has 2 rings (SSSR count). The maximum absolute atomic E-state index is 13.7. The van der Waals surface area contributed by atoms with Crippen LogP contribution in [0.3, 0.4) is 0 Å². The van der Waals surface area contributed by atoms with Gasteiger partial charge in [0, 0.05) is 5.48 Å². The van der Waals surface area contributed by atoms with Crippen LogP contribution in [0.1, 0.15) is 29.9 Å². The SMILES string of the molecule is [2H]C1([2H])Cc2cc(OC(F)F)c(F)cc2C([2H])([2H])C1C. The van der Waals surface area contributed by atoms with Crippen LogP contribution in [0, 0.1) is 11.7 Å². The molecule has 4 heteroatoms. The Labute approximate surface area is 97.8 Å². The van der Waals surface area contributed by atoms with Gasteiger partial charge in [-0.2, -0.15) is 8.78 Å². The Morgan fingerprint density at radius 2 is 2.19 bits per heavy atom. The van der Waals surface area contributed by atoms with E-state index < -0.39 is 36.8 Å². The first kappa shape index (κ1) is 7.20. The number of halogens is 3. The van der Waals surface area contributed by atoms with Crippen LogP contribution in [0.15, 0.2) is 12.1 Å². The summed E-state index contributed by atoms with van der Waals surface area (Å²) in [5.74, 6) is -2.76. The maximum Gasteiger partial charge on any atom is 0.387 e. The average molecular weight is 234 g/mol. The quantitative estimate of drug-likeness (QED) is 0.760. The minimum atomic E-state index is -3.20. The Bertz CT molecular complexity index is 534. The lowest BCUT2D eigenvalue weighted by molar-refractivity contribution is -0.0522.